The van der Waals surface area contributed by atoms with Gasteiger partial charge in [-0.25, -0.2) is 4.79 Å². The van der Waals surface area contributed by atoms with Gasteiger partial charge in [-0.1, -0.05) is 18.2 Å². The molecule has 0 fully saturated rings. The molecule has 2 aromatic carbocycles. The Morgan fingerprint density at radius 1 is 1.07 bits per heavy atom. The van der Waals surface area contributed by atoms with Crippen molar-refractivity contribution in [1.29, 1.82) is 0 Å². The van der Waals surface area contributed by atoms with E-state index in [-0.39, 0.29) is 17.9 Å². The zero-order chi connectivity index (χ0) is 19.6. The van der Waals surface area contributed by atoms with Crippen molar-refractivity contribution in [2.24, 2.45) is 0 Å². The Morgan fingerprint density at radius 3 is 2.37 bits per heavy atom. The minimum absolute atomic E-state index is 0.133. The van der Waals surface area contributed by atoms with Gasteiger partial charge in [0, 0.05) is 18.3 Å². The molecular formula is C18H16F3N3O3. The highest BCUT2D eigenvalue weighted by Gasteiger charge is 2.31. The van der Waals surface area contributed by atoms with Crippen LogP contribution >= 0.6 is 0 Å². The van der Waals surface area contributed by atoms with Crippen molar-refractivity contribution in [3.05, 3.63) is 59.0 Å². The fourth-order valence-corrected chi connectivity index (χ4v) is 2.85. The van der Waals surface area contributed by atoms with Gasteiger partial charge in [0.25, 0.3) is 0 Å². The van der Waals surface area contributed by atoms with Gasteiger partial charge in [0.1, 0.15) is 12.3 Å². The Morgan fingerprint density at radius 2 is 1.74 bits per heavy atom. The Hall–Kier alpha value is -3.23. The summed E-state index contributed by atoms with van der Waals surface area (Å²) < 4.78 is 43.6. The highest BCUT2D eigenvalue weighted by atomic mass is 19.4. The largest absolute Gasteiger partial charge is 0.573 e. The number of hydrogen-bond donors (Lipinski definition) is 1. The first-order valence-electron chi connectivity index (χ1n) is 8.12. The number of fused-ring (bicyclic) bond motifs is 1. The van der Waals surface area contributed by atoms with Crippen LogP contribution in [0.25, 0.3) is 11.0 Å². The maximum absolute atomic E-state index is 12.5. The molecule has 0 bridgehead atoms. The second kappa shape index (κ2) is 7.18. The zero-order valence-corrected chi connectivity index (χ0v) is 14.3. The number of rotatable bonds is 5. The number of hydrogen-bond acceptors (Lipinski definition) is 3. The molecule has 3 rings (SSSR count). The van der Waals surface area contributed by atoms with E-state index < -0.39 is 18.0 Å². The summed E-state index contributed by atoms with van der Waals surface area (Å²) >= 11 is 0. The van der Waals surface area contributed by atoms with Crippen LogP contribution in [0.3, 0.4) is 0 Å². The molecule has 27 heavy (non-hydrogen) atoms. The molecule has 3 aromatic rings. The summed E-state index contributed by atoms with van der Waals surface area (Å²) in [5, 5.41) is 2.48. The smallest absolute Gasteiger partial charge is 0.406 e. The van der Waals surface area contributed by atoms with Crippen molar-refractivity contribution in [2.45, 2.75) is 26.4 Å². The van der Waals surface area contributed by atoms with E-state index in [1.165, 1.54) is 16.7 Å². The molecule has 1 amide bonds. The van der Waals surface area contributed by atoms with Crippen molar-refractivity contribution >= 4 is 22.6 Å². The van der Waals surface area contributed by atoms with Gasteiger partial charge in [0.05, 0.1) is 11.0 Å². The maximum atomic E-state index is 12.5. The van der Waals surface area contributed by atoms with Crippen LogP contribution in [0.5, 0.6) is 5.75 Å². The fourth-order valence-electron chi connectivity index (χ4n) is 2.85. The molecule has 0 aliphatic carbocycles. The first-order chi connectivity index (χ1) is 12.8. The number of nitrogens with zero attached hydrogens (tertiary/aromatic N) is 2. The zero-order valence-electron chi connectivity index (χ0n) is 14.3. The molecule has 142 valence electrons. The lowest BCUT2D eigenvalue weighted by atomic mass is 10.3. The third kappa shape index (κ3) is 4.13. The van der Waals surface area contributed by atoms with Crippen LogP contribution in [0.4, 0.5) is 18.9 Å². The Balaban J connectivity index is 1.81. The van der Waals surface area contributed by atoms with Crippen molar-refractivity contribution in [1.82, 2.24) is 9.13 Å². The van der Waals surface area contributed by atoms with Crippen LogP contribution < -0.4 is 15.7 Å². The summed E-state index contributed by atoms with van der Waals surface area (Å²) in [6.45, 7) is 2.01. The van der Waals surface area contributed by atoms with Crippen LogP contribution in [0.1, 0.15) is 6.92 Å². The number of carbonyl (C=O) groups is 1. The number of carbonyl (C=O) groups excluding carboxylic acids is 1. The van der Waals surface area contributed by atoms with Gasteiger partial charge in [-0.05, 0) is 31.2 Å². The molecule has 0 saturated heterocycles. The number of para-hydroxylation sites is 2. The van der Waals surface area contributed by atoms with Gasteiger partial charge in [0.15, 0.2) is 0 Å². The van der Waals surface area contributed by atoms with E-state index in [9.17, 15) is 22.8 Å². The Bertz CT molecular complexity index is 1040. The van der Waals surface area contributed by atoms with Crippen LogP contribution in [-0.2, 0) is 17.9 Å². The molecule has 1 heterocycles. The number of alkyl halides is 3. The third-order valence-electron chi connectivity index (χ3n) is 3.89. The quantitative estimate of drug-likeness (QED) is 0.739. The Kier molecular flexibility index (Phi) is 4.93. The number of nitrogens with one attached hydrogen (secondary N) is 1. The van der Waals surface area contributed by atoms with Crippen molar-refractivity contribution in [3.8, 4) is 5.75 Å². The third-order valence-corrected chi connectivity index (χ3v) is 3.89. The maximum Gasteiger partial charge on any atom is 0.573 e. The van der Waals surface area contributed by atoms with E-state index >= 15 is 0 Å². The van der Waals surface area contributed by atoms with E-state index in [0.717, 1.165) is 12.1 Å². The van der Waals surface area contributed by atoms with Gasteiger partial charge in [0.2, 0.25) is 5.91 Å². The standard InChI is InChI=1S/C18H16F3N3O3/c1-2-23-14-8-3-4-9-15(14)24(17(23)26)11-16(25)22-12-6-5-7-13(10-12)27-18(19,20)21/h3-10H,2,11H2,1H3,(H,22,25). The van der Waals surface area contributed by atoms with E-state index in [0.29, 0.717) is 17.6 Å². The van der Waals surface area contributed by atoms with Crippen LogP contribution in [-0.4, -0.2) is 21.4 Å². The number of halogens is 3. The van der Waals surface area contributed by atoms with Crippen molar-refractivity contribution < 1.29 is 22.7 Å². The molecule has 1 N–H and O–H groups in total. The fraction of sp³-hybridized carbons (Fsp3) is 0.222. The molecule has 0 unspecified atom stereocenters. The van der Waals surface area contributed by atoms with Gasteiger partial charge >= 0.3 is 12.1 Å². The number of imidazole rings is 1. The number of aromatic nitrogens is 2. The number of benzene rings is 2. The summed E-state index contributed by atoms with van der Waals surface area (Å²) in [7, 11) is 0. The van der Waals surface area contributed by atoms with Crippen LogP contribution in [0.2, 0.25) is 0 Å². The molecule has 0 atom stereocenters. The van der Waals surface area contributed by atoms with E-state index in [2.05, 4.69) is 10.1 Å². The lowest BCUT2D eigenvalue weighted by molar-refractivity contribution is -0.274. The molecule has 0 radical (unpaired) electrons. The minimum atomic E-state index is -4.82. The number of ether oxygens (including phenoxy) is 1. The topological polar surface area (TPSA) is 65.3 Å². The Labute approximate surface area is 151 Å². The lowest BCUT2D eigenvalue weighted by Crippen LogP contribution is -2.29. The van der Waals surface area contributed by atoms with Crippen LogP contribution in [0.15, 0.2) is 53.3 Å². The normalized spacial score (nSPS) is 11.6. The molecule has 9 heteroatoms. The molecule has 0 aliphatic heterocycles. The average molecular weight is 379 g/mol. The molecule has 6 nitrogen and oxygen atoms in total. The molecule has 1 aromatic heterocycles. The summed E-state index contributed by atoms with van der Waals surface area (Å²) in [5.41, 5.74) is 1.11. The number of anilines is 1. The molecule has 0 saturated carbocycles. The second-order valence-electron chi connectivity index (χ2n) is 5.73. The average Bonchev–Trinajstić information content (AvgIpc) is 2.85. The monoisotopic (exact) mass is 379 g/mol. The first kappa shape index (κ1) is 18.6. The summed E-state index contributed by atoms with van der Waals surface area (Å²) in [6.07, 6.45) is -4.82. The van der Waals surface area contributed by atoms with Crippen molar-refractivity contribution in [2.75, 3.05) is 5.32 Å². The molecule has 0 aliphatic rings. The van der Waals surface area contributed by atoms with Gasteiger partial charge in [-0.15, -0.1) is 13.2 Å². The predicted molar refractivity (Wildman–Crippen MR) is 93.6 cm³/mol. The summed E-state index contributed by atoms with van der Waals surface area (Å²) in [5.74, 6) is -0.986. The summed E-state index contributed by atoms with van der Waals surface area (Å²) in [6, 6.07) is 12.0. The van der Waals surface area contributed by atoms with Gasteiger partial charge < -0.3 is 10.1 Å². The lowest BCUT2D eigenvalue weighted by Gasteiger charge is -2.11. The molecular weight excluding hydrogens is 363 g/mol. The van der Waals surface area contributed by atoms with E-state index in [4.69, 9.17) is 0 Å². The van der Waals surface area contributed by atoms with E-state index in [1.54, 1.807) is 28.8 Å². The molecule has 0 spiro atoms. The van der Waals surface area contributed by atoms with Gasteiger partial charge in [-0.3, -0.25) is 13.9 Å². The van der Waals surface area contributed by atoms with Crippen LogP contribution in [0, 0.1) is 0 Å². The highest BCUT2D eigenvalue weighted by Crippen LogP contribution is 2.25. The first-order valence-corrected chi connectivity index (χ1v) is 8.12. The minimum Gasteiger partial charge on any atom is -0.406 e. The number of amides is 1. The van der Waals surface area contributed by atoms with Gasteiger partial charge in [-0.2, -0.15) is 0 Å². The predicted octanol–water partition coefficient (Wildman–Crippen LogP) is 3.36. The highest BCUT2D eigenvalue weighted by molar-refractivity contribution is 5.91. The van der Waals surface area contributed by atoms with E-state index in [1.807, 2.05) is 6.92 Å². The van der Waals surface area contributed by atoms with Crippen molar-refractivity contribution in [3.63, 3.8) is 0 Å². The number of aryl methyl sites for hydroxylation is 1. The SMILES string of the molecule is CCn1c(=O)n(CC(=O)Nc2cccc(OC(F)(F)F)c2)c2ccccc21. The summed E-state index contributed by atoms with van der Waals surface area (Å²) in [4.78, 5) is 24.8. The second-order valence-corrected chi connectivity index (χ2v) is 5.73.